The van der Waals surface area contributed by atoms with E-state index in [0.29, 0.717) is 0 Å². The largest absolute Gasteiger partial charge is 0.478 e. The summed E-state index contributed by atoms with van der Waals surface area (Å²) in [5, 5.41) is 8.73. The van der Waals surface area contributed by atoms with Gasteiger partial charge in [-0.15, -0.1) is 0 Å². The van der Waals surface area contributed by atoms with Crippen LogP contribution in [0.5, 0.6) is 0 Å². The average molecular weight is 324 g/mol. The van der Waals surface area contributed by atoms with Gasteiger partial charge in [0.25, 0.3) is 10.0 Å². The van der Waals surface area contributed by atoms with Gasteiger partial charge in [0.15, 0.2) is 0 Å². The van der Waals surface area contributed by atoms with Crippen LogP contribution in [-0.4, -0.2) is 26.1 Å². The summed E-state index contributed by atoms with van der Waals surface area (Å²) < 4.78 is 23.5. The fourth-order valence-electron chi connectivity index (χ4n) is 1.03. The molecule has 0 aliphatic carbocycles. The van der Waals surface area contributed by atoms with Gasteiger partial charge in [0.2, 0.25) is 0 Å². The van der Waals surface area contributed by atoms with E-state index in [-0.39, 0.29) is 21.5 Å². The first-order chi connectivity index (χ1) is 7.88. The highest BCUT2D eigenvalue weighted by molar-refractivity contribution is 9.10. The number of rotatable bonds is 5. The molecule has 0 unspecified atom stereocenters. The number of hydrogen-bond acceptors (Lipinski definition) is 4. The van der Waals surface area contributed by atoms with Crippen molar-refractivity contribution in [3.8, 4) is 0 Å². The second kappa shape index (κ2) is 5.58. The number of sulfonamides is 1. The highest BCUT2D eigenvalue weighted by Gasteiger charge is 2.18. The van der Waals surface area contributed by atoms with Crippen LogP contribution in [-0.2, 0) is 14.9 Å². The van der Waals surface area contributed by atoms with Crippen molar-refractivity contribution in [3.63, 3.8) is 0 Å². The van der Waals surface area contributed by atoms with E-state index >= 15 is 0 Å². The van der Waals surface area contributed by atoms with Crippen LogP contribution in [0.2, 0.25) is 0 Å². The number of aromatic carboxylic acids is 1. The lowest BCUT2D eigenvalue weighted by Gasteiger charge is -2.08. The lowest BCUT2D eigenvalue weighted by molar-refractivity contribution is 0.0696. The van der Waals surface area contributed by atoms with Crippen molar-refractivity contribution in [1.82, 2.24) is 4.89 Å². The highest BCUT2D eigenvalue weighted by Crippen LogP contribution is 2.23. The van der Waals surface area contributed by atoms with Gasteiger partial charge < -0.3 is 5.11 Å². The Kier molecular flexibility index (Phi) is 4.63. The molecule has 1 aromatic carbocycles. The normalized spacial score (nSPS) is 11.4. The maximum absolute atomic E-state index is 11.7. The molecule has 1 aromatic rings. The summed E-state index contributed by atoms with van der Waals surface area (Å²) in [6, 6.07) is 3.60. The molecule has 6 nitrogen and oxygen atoms in total. The third kappa shape index (κ3) is 3.50. The van der Waals surface area contributed by atoms with Crippen molar-refractivity contribution in [2.24, 2.45) is 0 Å². The summed E-state index contributed by atoms with van der Waals surface area (Å²) in [4.78, 5) is 17.1. The number of nitrogens with one attached hydrogen (secondary N) is 1. The first-order valence-corrected chi connectivity index (χ1v) is 6.82. The van der Waals surface area contributed by atoms with E-state index in [9.17, 15) is 13.2 Å². The standard InChI is InChI=1S/C9H10BrNO5S/c1-2-16-11-17(14,15)8-4-3-6(9(12)13)5-7(8)10/h3-5,11H,2H2,1H3,(H,12,13). The molecule has 0 aromatic heterocycles. The Morgan fingerprint density at radius 1 is 1.53 bits per heavy atom. The molecule has 0 aliphatic rings. The van der Waals surface area contributed by atoms with Crippen LogP contribution >= 0.6 is 15.9 Å². The molecular formula is C9H10BrNO5S. The Morgan fingerprint density at radius 2 is 2.18 bits per heavy atom. The topological polar surface area (TPSA) is 92.7 Å². The zero-order valence-corrected chi connectivity index (χ0v) is 11.2. The van der Waals surface area contributed by atoms with Gasteiger partial charge in [-0.05, 0) is 41.1 Å². The van der Waals surface area contributed by atoms with Crippen LogP contribution in [0.25, 0.3) is 0 Å². The summed E-state index contributed by atoms with van der Waals surface area (Å²) in [6.07, 6.45) is 0. The van der Waals surface area contributed by atoms with Gasteiger partial charge in [-0.3, -0.25) is 4.84 Å². The molecular weight excluding hydrogens is 314 g/mol. The number of halogens is 1. The third-order valence-electron chi connectivity index (χ3n) is 1.78. The molecule has 17 heavy (non-hydrogen) atoms. The van der Waals surface area contributed by atoms with E-state index in [2.05, 4.69) is 20.8 Å². The van der Waals surface area contributed by atoms with E-state index < -0.39 is 16.0 Å². The molecule has 0 saturated heterocycles. The lowest BCUT2D eigenvalue weighted by Crippen LogP contribution is -2.24. The number of carboxylic acids is 1. The zero-order valence-electron chi connectivity index (χ0n) is 8.81. The molecule has 0 atom stereocenters. The van der Waals surface area contributed by atoms with Crippen LogP contribution in [0, 0.1) is 0 Å². The molecule has 8 heteroatoms. The van der Waals surface area contributed by atoms with Gasteiger partial charge in [0, 0.05) is 4.47 Å². The first-order valence-electron chi connectivity index (χ1n) is 4.55. The van der Waals surface area contributed by atoms with E-state index in [1.54, 1.807) is 6.92 Å². The van der Waals surface area contributed by atoms with Gasteiger partial charge in [-0.2, -0.15) is 0 Å². The maximum atomic E-state index is 11.7. The minimum atomic E-state index is -3.81. The maximum Gasteiger partial charge on any atom is 0.335 e. The Labute approximate surface area is 107 Å². The molecule has 0 bridgehead atoms. The van der Waals surface area contributed by atoms with Gasteiger partial charge in [-0.1, -0.05) is 4.89 Å². The van der Waals surface area contributed by atoms with Gasteiger partial charge in [-0.25, -0.2) is 13.2 Å². The van der Waals surface area contributed by atoms with Crippen molar-refractivity contribution in [2.75, 3.05) is 6.61 Å². The Hall–Kier alpha value is -0.960. The van der Waals surface area contributed by atoms with E-state index in [4.69, 9.17) is 5.11 Å². The first kappa shape index (κ1) is 14.1. The second-order valence-corrected chi connectivity index (χ2v) is 5.44. The number of carbonyl (C=O) groups is 1. The van der Waals surface area contributed by atoms with Crippen molar-refractivity contribution in [1.29, 1.82) is 0 Å². The van der Waals surface area contributed by atoms with Gasteiger partial charge in [0.05, 0.1) is 17.1 Å². The Balaban J connectivity index is 3.12. The van der Waals surface area contributed by atoms with Crippen molar-refractivity contribution >= 4 is 31.9 Å². The van der Waals surface area contributed by atoms with E-state index in [0.717, 1.165) is 0 Å². The monoisotopic (exact) mass is 323 g/mol. The number of benzene rings is 1. The molecule has 0 amide bonds. The molecule has 2 N–H and O–H groups in total. The molecule has 0 saturated carbocycles. The summed E-state index contributed by atoms with van der Waals surface area (Å²) in [6.45, 7) is 1.81. The van der Waals surface area contributed by atoms with Crippen molar-refractivity contribution < 1.29 is 23.2 Å². The summed E-state index contributed by atoms with van der Waals surface area (Å²) in [7, 11) is -3.81. The summed E-state index contributed by atoms with van der Waals surface area (Å²) >= 11 is 3.01. The molecule has 0 radical (unpaired) electrons. The van der Waals surface area contributed by atoms with E-state index in [1.165, 1.54) is 18.2 Å². The zero-order chi connectivity index (χ0) is 13.1. The van der Waals surface area contributed by atoms with Crippen LogP contribution in [0.1, 0.15) is 17.3 Å². The smallest absolute Gasteiger partial charge is 0.335 e. The van der Waals surface area contributed by atoms with Gasteiger partial charge in [0.1, 0.15) is 0 Å². The Morgan fingerprint density at radius 3 is 2.65 bits per heavy atom. The summed E-state index contributed by atoms with van der Waals surface area (Å²) in [5.74, 6) is -1.13. The SMILES string of the molecule is CCONS(=O)(=O)c1ccc(C(=O)O)cc1Br. The van der Waals surface area contributed by atoms with Crippen molar-refractivity contribution in [3.05, 3.63) is 28.2 Å². The quantitative estimate of drug-likeness (QED) is 0.798. The average Bonchev–Trinajstić information content (AvgIpc) is 2.25. The number of hydrogen-bond donors (Lipinski definition) is 2. The highest BCUT2D eigenvalue weighted by atomic mass is 79.9. The number of carboxylic acid groups (broad SMARTS) is 1. The third-order valence-corrected chi connectivity index (χ3v) is 3.97. The fraction of sp³-hybridized carbons (Fsp3) is 0.222. The molecule has 94 valence electrons. The molecule has 0 heterocycles. The van der Waals surface area contributed by atoms with E-state index in [1.807, 2.05) is 4.89 Å². The Bertz CT molecular complexity index is 528. The summed E-state index contributed by atoms with van der Waals surface area (Å²) in [5.41, 5.74) is -0.00719. The van der Waals surface area contributed by atoms with Crippen LogP contribution in [0.3, 0.4) is 0 Å². The second-order valence-electron chi connectivity index (χ2n) is 2.97. The molecule has 1 rings (SSSR count). The molecule has 0 aliphatic heterocycles. The van der Waals surface area contributed by atoms with Crippen LogP contribution in [0.15, 0.2) is 27.6 Å². The molecule has 0 spiro atoms. The van der Waals surface area contributed by atoms with Crippen LogP contribution in [0.4, 0.5) is 0 Å². The minimum absolute atomic E-state index is 0.00719. The van der Waals surface area contributed by atoms with Crippen LogP contribution < -0.4 is 4.89 Å². The molecule has 0 fully saturated rings. The lowest BCUT2D eigenvalue weighted by atomic mass is 10.2. The minimum Gasteiger partial charge on any atom is -0.478 e. The fourth-order valence-corrected chi connectivity index (χ4v) is 2.98. The predicted octanol–water partition coefficient (Wildman–Crippen LogP) is 1.38. The van der Waals surface area contributed by atoms with Crippen molar-refractivity contribution in [2.45, 2.75) is 11.8 Å². The predicted molar refractivity (Wildman–Crippen MR) is 63.0 cm³/mol. The van der Waals surface area contributed by atoms with Gasteiger partial charge >= 0.3 is 5.97 Å².